The highest BCUT2D eigenvalue weighted by molar-refractivity contribution is 5.94. The average molecular weight is 263 g/mol. The van der Waals surface area contributed by atoms with Crippen molar-refractivity contribution in [2.45, 2.75) is 20.0 Å². The normalized spacial score (nSPS) is 14.5. The van der Waals surface area contributed by atoms with E-state index in [1.54, 1.807) is 43.0 Å². The smallest absolute Gasteiger partial charge is 0.411 e. The molecule has 0 saturated carbocycles. The Kier molecular flexibility index (Phi) is 3.89. The number of amides is 3. The van der Waals surface area contributed by atoms with Crippen LogP contribution in [-0.2, 0) is 4.74 Å². The first kappa shape index (κ1) is 13.2. The predicted octanol–water partition coefficient (Wildman–Crippen LogP) is 2.17. The van der Waals surface area contributed by atoms with Crippen LogP contribution in [-0.4, -0.2) is 31.3 Å². The van der Waals surface area contributed by atoms with Gasteiger partial charge in [-0.15, -0.1) is 0 Å². The molecule has 0 spiro atoms. The third kappa shape index (κ3) is 3.37. The topological polar surface area (TPSA) is 70.7 Å². The maximum atomic E-state index is 11.5. The van der Waals surface area contributed by atoms with Crippen LogP contribution in [0.15, 0.2) is 24.3 Å². The number of nitrogens with zero attached hydrogens (tertiary/aromatic N) is 1. The summed E-state index contributed by atoms with van der Waals surface area (Å²) in [6.07, 6.45) is -0.644. The summed E-state index contributed by atoms with van der Waals surface area (Å²) in [7, 11) is 0. The molecule has 6 heteroatoms. The molecule has 0 atom stereocenters. The van der Waals surface area contributed by atoms with Crippen molar-refractivity contribution in [2.24, 2.45) is 0 Å². The van der Waals surface area contributed by atoms with Gasteiger partial charge in [-0.05, 0) is 38.1 Å². The minimum atomic E-state index is -0.485. The van der Waals surface area contributed by atoms with Gasteiger partial charge in [-0.2, -0.15) is 0 Å². The summed E-state index contributed by atoms with van der Waals surface area (Å²) in [5, 5.41) is 5.36. The van der Waals surface area contributed by atoms with Gasteiger partial charge in [0.25, 0.3) is 0 Å². The highest BCUT2D eigenvalue weighted by Crippen LogP contribution is 2.19. The molecule has 1 heterocycles. The van der Waals surface area contributed by atoms with Crippen LogP contribution in [0.25, 0.3) is 0 Å². The number of rotatable bonds is 3. The zero-order valence-electron chi connectivity index (χ0n) is 11.0. The van der Waals surface area contributed by atoms with Crippen LogP contribution in [0.5, 0.6) is 0 Å². The Labute approximate surface area is 111 Å². The first-order chi connectivity index (χ1) is 9.06. The van der Waals surface area contributed by atoms with Gasteiger partial charge in [0.15, 0.2) is 0 Å². The standard InChI is InChI=1S/C13H17N3O3/c1-9(2)19-13(18)15-10-3-5-11(6-4-10)16-8-7-14-12(16)17/h3-6,9H,7-8H2,1-2H3,(H,14,17)(H,15,18). The molecule has 1 fully saturated rings. The SMILES string of the molecule is CC(C)OC(=O)Nc1ccc(N2CCNC2=O)cc1. The Morgan fingerprint density at radius 1 is 1.37 bits per heavy atom. The monoisotopic (exact) mass is 263 g/mol. The van der Waals surface area contributed by atoms with Gasteiger partial charge >= 0.3 is 12.1 Å². The summed E-state index contributed by atoms with van der Waals surface area (Å²) >= 11 is 0. The molecule has 2 rings (SSSR count). The third-order valence-electron chi connectivity index (χ3n) is 2.62. The zero-order valence-corrected chi connectivity index (χ0v) is 11.0. The molecule has 0 aromatic heterocycles. The van der Waals surface area contributed by atoms with Crippen molar-refractivity contribution in [1.29, 1.82) is 0 Å². The summed E-state index contributed by atoms with van der Waals surface area (Å²) < 4.78 is 4.98. The molecule has 3 amide bonds. The molecule has 2 N–H and O–H groups in total. The Hall–Kier alpha value is -2.24. The lowest BCUT2D eigenvalue weighted by molar-refractivity contribution is 0.130. The van der Waals surface area contributed by atoms with E-state index in [0.717, 1.165) is 5.69 Å². The van der Waals surface area contributed by atoms with Gasteiger partial charge in [-0.25, -0.2) is 9.59 Å². The first-order valence-corrected chi connectivity index (χ1v) is 6.19. The molecule has 6 nitrogen and oxygen atoms in total. The van der Waals surface area contributed by atoms with Crippen LogP contribution in [0.1, 0.15) is 13.8 Å². The second kappa shape index (κ2) is 5.60. The summed E-state index contributed by atoms with van der Waals surface area (Å²) in [5.41, 5.74) is 1.44. The number of hydrogen-bond acceptors (Lipinski definition) is 3. The molecule has 0 unspecified atom stereocenters. The number of carbonyl (C=O) groups is 2. The predicted molar refractivity (Wildman–Crippen MR) is 72.4 cm³/mol. The molecule has 1 aromatic carbocycles. The highest BCUT2D eigenvalue weighted by Gasteiger charge is 2.20. The van der Waals surface area contributed by atoms with Crippen LogP contribution >= 0.6 is 0 Å². The Bertz CT molecular complexity index is 471. The summed E-state index contributed by atoms with van der Waals surface area (Å²) in [6.45, 7) is 4.88. The molecule has 1 aromatic rings. The van der Waals surface area contributed by atoms with Crippen LogP contribution < -0.4 is 15.5 Å². The summed E-state index contributed by atoms with van der Waals surface area (Å²) in [6, 6.07) is 6.96. The van der Waals surface area contributed by atoms with E-state index in [1.165, 1.54) is 0 Å². The Balaban J connectivity index is 1.98. The number of ether oxygens (including phenoxy) is 1. The minimum absolute atomic E-state index is 0.0973. The zero-order chi connectivity index (χ0) is 13.8. The largest absolute Gasteiger partial charge is 0.447 e. The second-order valence-corrected chi connectivity index (χ2v) is 4.51. The quantitative estimate of drug-likeness (QED) is 0.878. The van der Waals surface area contributed by atoms with E-state index in [9.17, 15) is 9.59 Å². The lowest BCUT2D eigenvalue weighted by Gasteiger charge is -2.15. The van der Waals surface area contributed by atoms with Gasteiger partial charge in [-0.1, -0.05) is 0 Å². The van der Waals surface area contributed by atoms with Crippen molar-refractivity contribution in [1.82, 2.24) is 5.32 Å². The molecular formula is C13H17N3O3. The van der Waals surface area contributed by atoms with Crippen molar-refractivity contribution in [2.75, 3.05) is 23.3 Å². The molecule has 0 aliphatic carbocycles. The molecule has 1 aliphatic rings. The third-order valence-corrected chi connectivity index (χ3v) is 2.62. The van der Waals surface area contributed by atoms with Crippen molar-refractivity contribution < 1.29 is 14.3 Å². The van der Waals surface area contributed by atoms with E-state index in [1.807, 2.05) is 0 Å². The van der Waals surface area contributed by atoms with Crippen LogP contribution in [0.3, 0.4) is 0 Å². The number of hydrogen-bond donors (Lipinski definition) is 2. The van der Waals surface area contributed by atoms with E-state index in [0.29, 0.717) is 18.8 Å². The van der Waals surface area contributed by atoms with Crippen molar-refractivity contribution in [3.05, 3.63) is 24.3 Å². The van der Waals surface area contributed by atoms with Gasteiger partial charge in [-0.3, -0.25) is 10.2 Å². The van der Waals surface area contributed by atoms with Crippen LogP contribution in [0.2, 0.25) is 0 Å². The van der Waals surface area contributed by atoms with E-state index in [4.69, 9.17) is 4.74 Å². The minimum Gasteiger partial charge on any atom is -0.447 e. The average Bonchev–Trinajstić information content (AvgIpc) is 2.75. The van der Waals surface area contributed by atoms with Gasteiger partial charge in [0.2, 0.25) is 0 Å². The van der Waals surface area contributed by atoms with Crippen molar-refractivity contribution >= 4 is 23.5 Å². The van der Waals surface area contributed by atoms with Crippen molar-refractivity contribution in [3.8, 4) is 0 Å². The van der Waals surface area contributed by atoms with Gasteiger partial charge in [0.05, 0.1) is 6.10 Å². The fraction of sp³-hybridized carbons (Fsp3) is 0.385. The van der Waals surface area contributed by atoms with Gasteiger partial charge < -0.3 is 10.1 Å². The fourth-order valence-electron chi connectivity index (χ4n) is 1.80. The first-order valence-electron chi connectivity index (χ1n) is 6.19. The highest BCUT2D eigenvalue weighted by atomic mass is 16.6. The molecule has 19 heavy (non-hydrogen) atoms. The van der Waals surface area contributed by atoms with Gasteiger partial charge in [0.1, 0.15) is 0 Å². The molecule has 0 radical (unpaired) electrons. The number of benzene rings is 1. The molecular weight excluding hydrogens is 246 g/mol. The van der Waals surface area contributed by atoms with Crippen molar-refractivity contribution in [3.63, 3.8) is 0 Å². The van der Waals surface area contributed by atoms with Crippen LogP contribution in [0, 0.1) is 0 Å². The molecule has 0 bridgehead atoms. The summed E-state index contributed by atoms with van der Waals surface area (Å²) in [5.74, 6) is 0. The van der Waals surface area contributed by atoms with E-state index in [2.05, 4.69) is 10.6 Å². The van der Waals surface area contributed by atoms with Crippen LogP contribution in [0.4, 0.5) is 21.0 Å². The number of urea groups is 1. The second-order valence-electron chi connectivity index (χ2n) is 4.51. The summed E-state index contributed by atoms with van der Waals surface area (Å²) in [4.78, 5) is 24.5. The van der Waals surface area contributed by atoms with E-state index >= 15 is 0 Å². The maximum Gasteiger partial charge on any atom is 0.411 e. The van der Waals surface area contributed by atoms with E-state index in [-0.39, 0.29) is 12.1 Å². The fourth-order valence-corrected chi connectivity index (χ4v) is 1.80. The van der Waals surface area contributed by atoms with Gasteiger partial charge in [0, 0.05) is 24.5 Å². The Morgan fingerprint density at radius 3 is 2.58 bits per heavy atom. The molecule has 102 valence electrons. The lowest BCUT2D eigenvalue weighted by atomic mass is 10.2. The molecule has 1 saturated heterocycles. The Morgan fingerprint density at radius 2 is 2.05 bits per heavy atom. The van der Waals surface area contributed by atoms with E-state index < -0.39 is 6.09 Å². The number of nitrogens with one attached hydrogen (secondary N) is 2. The molecule has 1 aliphatic heterocycles. The number of carbonyl (C=O) groups excluding carboxylic acids is 2. The lowest BCUT2D eigenvalue weighted by Crippen LogP contribution is -2.27. The number of anilines is 2. The maximum absolute atomic E-state index is 11.5.